The van der Waals surface area contributed by atoms with Gasteiger partial charge in [0.2, 0.25) is 5.91 Å². The number of urea groups is 1. The quantitative estimate of drug-likeness (QED) is 0.634. The third-order valence-corrected chi connectivity index (χ3v) is 3.01. The average Bonchev–Trinajstić information content (AvgIpc) is 2.50. The van der Waals surface area contributed by atoms with E-state index < -0.39 is 6.03 Å². The first-order valence-corrected chi connectivity index (χ1v) is 7.08. The van der Waals surface area contributed by atoms with E-state index in [2.05, 4.69) is 10.6 Å². The summed E-state index contributed by atoms with van der Waals surface area (Å²) in [7, 11) is 1.71. The number of aliphatic hydroxyl groups is 1. The molecule has 0 saturated carbocycles. The first-order valence-electron chi connectivity index (χ1n) is 7.08. The fourth-order valence-corrected chi connectivity index (χ4v) is 1.75. The number of carbonyl (C=O) groups is 2. The number of aliphatic hydroxyl groups excluding tert-OH is 1. The van der Waals surface area contributed by atoms with Gasteiger partial charge < -0.3 is 20.6 Å². The molecule has 0 aliphatic rings. The molecule has 1 rings (SSSR count). The van der Waals surface area contributed by atoms with Gasteiger partial charge in [0, 0.05) is 25.9 Å². The number of rotatable bonds is 8. The zero-order chi connectivity index (χ0) is 15.5. The average molecular weight is 293 g/mol. The van der Waals surface area contributed by atoms with Crippen molar-refractivity contribution in [2.45, 2.75) is 19.3 Å². The van der Waals surface area contributed by atoms with Crippen molar-refractivity contribution in [2.75, 3.05) is 32.1 Å². The number of hydrogen-bond donors (Lipinski definition) is 3. The Hall–Kier alpha value is -2.08. The molecule has 0 atom stereocenters. The maximum Gasteiger partial charge on any atom is 0.319 e. The van der Waals surface area contributed by atoms with Crippen LogP contribution in [0.4, 0.5) is 10.5 Å². The van der Waals surface area contributed by atoms with Gasteiger partial charge in [0.1, 0.15) is 0 Å². The molecule has 3 N–H and O–H groups in total. The topological polar surface area (TPSA) is 81.7 Å². The second kappa shape index (κ2) is 9.77. The second-order valence-corrected chi connectivity index (χ2v) is 4.77. The molecule has 0 saturated heterocycles. The second-order valence-electron chi connectivity index (χ2n) is 4.77. The molecule has 0 heterocycles. The van der Waals surface area contributed by atoms with Crippen molar-refractivity contribution in [2.24, 2.45) is 0 Å². The molecule has 0 aliphatic carbocycles. The van der Waals surface area contributed by atoms with Crippen molar-refractivity contribution in [1.29, 1.82) is 0 Å². The highest BCUT2D eigenvalue weighted by Gasteiger charge is 2.10. The van der Waals surface area contributed by atoms with Crippen LogP contribution < -0.4 is 10.6 Å². The van der Waals surface area contributed by atoms with Gasteiger partial charge in [0.05, 0.1) is 6.54 Å². The van der Waals surface area contributed by atoms with Crippen LogP contribution in [-0.4, -0.2) is 48.7 Å². The fourth-order valence-electron chi connectivity index (χ4n) is 1.75. The van der Waals surface area contributed by atoms with E-state index in [-0.39, 0.29) is 19.1 Å². The highest BCUT2D eigenvalue weighted by molar-refractivity contribution is 5.92. The number of benzene rings is 1. The minimum Gasteiger partial charge on any atom is -0.396 e. The molecule has 6 nitrogen and oxygen atoms in total. The number of carbonyl (C=O) groups excluding carboxylic acids is 2. The maximum absolute atomic E-state index is 11.8. The Bertz CT molecular complexity index is 437. The highest BCUT2D eigenvalue weighted by Crippen LogP contribution is 2.04. The molecule has 0 unspecified atom stereocenters. The van der Waals surface area contributed by atoms with Gasteiger partial charge >= 0.3 is 6.03 Å². The van der Waals surface area contributed by atoms with Crippen molar-refractivity contribution >= 4 is 17.6 Å². The summed E-state index contributed by atoms with van der Waals surface area (Å²) < 4.78 is 0. The summed E-state index contributed by atoms with van der Waals surface area (Å²) in [5.74, 6) is -0.137. The Morgan fingerprint density at radius 3 is 2.52 bits per heavy atom. The Balaban J connectivity index is 2.21. The van der Waals surface area contributed by atoms with Gasteiger partial charge in [-0.25, -0.2) is 4.79 Å². The number of likely N-dealkylation sites (N-methyl/N-ethyl adjacent to an activating group) is 1. The molecule has 1 aromatic carbocycles. The van der Waals surface area contributed by atoms with Gasteiger partial charge in [-0.05, 0) is 31.4 Å². The predicted octanol–water partition coefficient (Wildman–Crippen LogP) is 1.43. The fraction of sp³-hybridized carbons (Fsp3) is 0.467. The van der Waals surface area contributed by atoms with Gasteiger partial charge in [-0.3, -0.25) is 4.79 Å². The Kier molecular flexibility index (Phi) is 7.89. The molecular formula is C15H23N3O3. The normalized spacial score (nSPS) is 10.0. The van der Waals surface area contributed by atoms with Crippen molar-refractivity contribution in [3.8, 4) is 0 Å². The van der Waals surface area contributed by atoms with Crippen LogP contribution in [0.1, 0.15) is 19.3 Å². The first kappa shape index (κ1) is 17.0. The molecule has 0 aliphatic heterocycles. The van der Waals surface area contributed by atoms with Crippen molar-refractivity contribution < 1.29 is 14.7 Å². The lowest BCUT2D eigenvalue weighted by molar-refractivity contribution is -0.128. The van der Waals surface area contributed by atoms with Crippen LogP contribution in [0.15, 0.2) is 30.3 Å². The number of hydrogen-bond acceptors (Lipinski definition) is 3. The van der Waals surface area contributed by atoms with Crippen LogP contribution in [0.2, 0.25) is 0 Å². The molecule has 1 aromatic rings. The van der Waals surface area contributed by atoms with Gasteiger partial charge in [0.15, 0.2) is 0 Å². The first-order chi connectivity index (χ1) is 10.1. The molecule has 3 amide bonds. The zero-order valence-electron chi connectivity index (χ0n) is 12.3. The van der Waals surface area contributed by atoms with E-state index >= 15 is 0 Å². The zero-order valence-corrected chi connectivity index (χ0v) is 12.3. The standard InChI is InChI=1S/C15H23N3O3/c1-18(10-6-3-7-11-19)14(20)12-16-15(21)17-13-8-4-2-5-9-13/h2,4-5,8-9,19H,3,6-7,10-12H2,1H3,(H2,16,17,21). The van der Waals surface area contributed by atoms with Crippen LogP contribution in [0.25, 0.3) is 0 Å². The molecule has 6 heteroatoms. The number of nitrogens with zero attached hydrogens (tertiary/aromatic N) is 1. The van der Waals surface area contributed by atoms with Crippen LogP contribution in [0, 0.1) is 0 Å². The van der Waals surface area contributed by atoms with E-state index in [1.54, 1.807) is 24.1 Å². The number of unbranched alkanes of at least 4 members (excludes halogenated alkanes) is 2. The summed E-state index contributed by atoms with van der Waals surface area (Å²) in [5, 5.41) is 13.9. The smallest absolute Gasteiger partial charge is 0.319 e. The van der Waals surface area contributed by atoms with Crippen molar-refractivity contribution in [1.82, 2.24) is 10.2 Å². The van der Waals surface area contributed by atoms with Crippen LogP contribution >= 0.6 is 0 Å². The summed E-state index contributed by atoms with van der Waals surface area (Å²) in [6, 6.07) is 8.65. The van der Waals surface area contributed by atoms with Crippen LogP contribution in [0.3, 0.4) is 0 Å². The van der Waals surface area contributed by atoms with Crippen molar-refractivity contribution in [3.63, 3.8) is 0 Å². The van der Waals surface area contributed by atoms with E-state index in [1.807, 2.05) is 18.2 Å². The molecule has 0 radical (unpaired) electrons. The van der Waals surface area contributed by atoms with Crippen LogP contribution in [0.5, 0.6) is 0 Å². The van der Waals surface area contributed by atoms with Crippen molar-refractivity contribution in [3.05, 3.63) is 30.3 Å². The summed E-state index contributed by atoms with van der Waals surface area (Å²) in [4.78, 5) is 25.0. The summed E-state index contributed by atoms with van der Waals surface area (Å²) in [6.45, 7) is 0.773. The Labute approximate surface area is 125 Å². The molecule has 0 aromatic heterocycles. The van der Waals surface area contributed by atoms with E-state index in [4.69, 9.17) is 5.11 Å². The monoisotopic (exact) mass is 293 g/mol. The van der Waals surface area contributed by atoms with Gasteiger partial charge in [0.25, 0.3) is 0 Å². The number of para-hydroxylation sites is 1. The van der Waals surface area contributed by atoms with E-state index in [9.17, 15) is 9.59 Å². The Morgan fingerprint density at radius 1 is 1.14 bits per heavy atom. The molecule has 0 fully saturated rings. The summed E-state index contributed by atoms with van der Waals surface area (Å²) >= 11 is 0. The molecule has 21 heavy (non-hydrogen) atoms. The maximum atomic E-state index is 11.8. The SMILES string of the molecule is CN(CCCCCO)C(=O)CNC(=O)Nc1ccccc1. The lowest BCUT2D eigenvalue weighted by Gasteiger charge is -2.17. The lowest BCUT2D eigenvalue weighted by atomic mass is 10.2. The number of nitrogens with one attached hydrogen (secondary N) is 2. The van der Waals surface area contributed by atoms with Gasteiger partial charge in [-0.15, -0.1) is 0 Å². The Morgan fingerprint density at radius 2 is 1.86 bits per heavy atom. The molecule has 0 bridgehead atoms. The third kappa shape index (κ3) is 7.31. The number of anilines is 1. The lowest BCUT2D eigenvalue weighted by Crippen LogP contribution is -2.40. The largest absolute Gasteiger partial charge is 0.396 e. The van der Waals surface area contributed by atoms with Gasteiger partial charge in [-0.1, -0.05) is 18.2 Å². The summed E-state index contributed by atoms with van der Waals surface area (Å²) in [5.41, 5.74) is 0.680. The predicted molar refractivity (Wildman–Crippen MR) is 82.0 cm³/mol. The molecule has 116 valence electrons. The van der Waals surface area contributed by atoms with E-state index in [0.29, 0.717) is 12.2 Å². The van der Waals surface area contributed by atoms with E-state index in [0.717, 1.165) is 19.3 Å². The minimum absolute atomic E-state index is 0.0326. The molecule has 0 spiro atoms. The summed E-state index contributed by atoms with van der Waals surface area (Å²) in [6.07, 6.45) is 2.48. The minimum atomic E-state index is -0.400. The highest BCUT2D eigenvalue weighted by atomic mass is 16.3. The van der Waals surface area contributed by atoms with Gasteiger partial charge in [-0.2, -0.15) is 0 Å². The third-order valence-electron chi connectivity index (χ3n) is 3.01. The molecular weight excluding hydrogens is 270 g/mol. The van der Waals surface area contributed by atoms with Crippen LogP contribution in [-0.2, 0) is 4.79 Å². The van der Waals surface area contributed by atoms with E-state index in [1.165, 1.54) is 0 Å². The number of amides is 3.